The molecule has 0 aromatic carbocycles. The molecule has 6 N–H and O–H groups in total. The van der Waals surface area contributed by atoms with Crippen LogP contribution in [0.25, 0.3) is 0 Å². The normalized spacial score (nSPS) is 29.1. The number of rotatable bonds is 9. The summed E-state index contributed by atoms with van der Waals surface area (Å²) in [5.41, 5.74) is -2.28. The zero-order chi connectivity index (χ0) is 15.0. The molecular formula is C12H22O8. The topological polar surface area (TPSA) is 146 Å². The van der Waals surface area contributed by atoms with E-state index in [1.165, 1.54) is 0 Å². The first-order valence-corrected chi connectivity index (χ1v) is 6.73. The van der Waals surface area contributed by atoms with E-state index in [-0.39, 0.29) is 25.0 Å². The average Bonchev–Trinajstić information content (AvgIpc) is 3.17. The Balaban J connectivity index is 1.95. The van der Waals surface area contributed by atoms with Gasteiger partial charge in [0.25, 0.3) is 5.79 Å². The highest BCUT2D eigenvalue weighted by atomic mass is 16.7. The minimum absolute atomic E-state index is 0.115. The summed E-state index contributed by atoms with van der Waals surface area (Å²) < 4.78 is 9.95. The summed E-state index contributed by atoms with van der Waals surface area (Å²) in [6, 6.07) is 0. The van der Waals surface area contributed by atoms with Gasteiger partial charge in [-0.1, -0.05) is 12.8 Å². The number of hydrogen-bond acceptors (Lipinski definition) is 8. The smallest absolute Gasteiger partial charge is 0.335 e. The van der Waals surface area contributed by atoms with Gasteiger partial charge < -0.3 is 40.1 Å². The van der Waals surface area contributed by atoms with Crippen LogP contribution in [-0.4, -0.2) is 73.4 Å². The molecule has 2 aliphatic rings. The molecule has 2 heterocycles. The lowest BCUT2D eigenvalue weighted by Crippen LogP contribution is -2.68. The van der Waals surface area contributed by atoms with Gasteiger partial charge >= 0.3 is 5.97 Å². The molecule has 0 spiro atoms. The van der Waals surface area contributed by atoms with E-state index in [0.29, 0.717) is 19.4 Å². The van der Waals surface area contributed by atoms with Crippen molar-refractivity contribution in [2.45, 2.75) is 61.7 Å². The van der Waals surface area contributed by atoms with Crippen molar-refractivity contribution in [1.29, 1.82) is 0 Å². The van der Waals surface area contributed by atoms with E-state index in [9.17, 15) is 15.3 Å². The lowest BCUT2D eigenvalue weighted by atomic mass is 9.81. The van der Waals surface area contributed by atoms with Crippen LogP contribution in [-0.2, 0) is 9.47 Å². The van der Waals surface area contributed by atoms with Gasteiger partial charge in [-0.15, -0.1) is 0 Å². The number of unbranched alkanes of at least 4 members (excludes halogenated alkanes) is 1. The summed E-state index contributed by atoms with van der Waals surface area (Å²) in [4.78, 5) is 0. The monoisotopic (exact) mass is 294 g/mol. The van der Waals surface area contributed by atoms with Crippen molar-refractivity contribution in [3.05, 3.63) is 0 Å². The number of aliphatic hydroxyl groups is 6. The van der Waals surface area contributed by atoms with Crippen LogP contribution in [0.3, 0.4) is 0 Å². The maximum absolute atomic E-state index is 10.4. The van der Waals surface area contributed by atoms with Crippen LogP contribution in [0.4, 0.5) is 0 Å². The quantitative estimate of drug-likeness (QED) is 0.159. The first kappa shape index (κ1) is 16.1. The minimum atomic E-state index is -3.82. The summed E-state index contributed by atoms with van der Waals surface area (Å²) in [7, 11) is 0. The highest BCUT2D eigenvalue weighted by Gasteiger charge is 2.62. The molecule has 2 saturated heterocycles. The van der Waals surface area contributed by atoms with E-state index < -0.39 is 17.4 Å². The summed E-state index contributed by atoms with van der Waals surface area (Å²) in [6.45, 7) is 1.07. The Labute approximate surface area is 116 Å². The average molecular weight is 294 g/mol. The predicted molar refractivity (Wildman–Crippen MR) is 64.1 cm³/mol. The molecule has 8 heteroatoms. The maximum atomic E-state index is 10.4. The van der Waals surface area contributed by atoms with E-state index >= 15 is 0 Å². The van der Waals surface area contributed by atoms with E-state index in [2.05, 4.69) is 0 Å². The lowest BCUT2D eigenvalue weighted by Gasteiger charge is -2.43. The molecule has 0 amide bonds. The Kier molecular flexibility index (Phi) is 4.39. The van der Waals surface area contributed by atoms with Crippen molar-refractivity contribution >= 4 is 0 Å². The molecule has 20 heavy (non-hydrogen) atoms. The van der Waals surface area contributed by atoms with E-state index in [0.717, 1.165) is 13.0 Å². The van der Waals surface area contributed by atoms with Crippen LogP contribution >= 0.6 is 0 Å². The van der Waals surface area contributed by atoms with Gasteiger partial charge in [0.2, 0.25) is 0 Å². The Hall–Kier alpha value is -0.320. The van der Waals surface area contributed by atoms with Crippen molar-refractivity contribution in [1.82, 2.24) is 0 Å². The Bertz CT molecular complexity index is 331. The van der Waals surface area contributed by atoms with Crippen molar-refractivity contribution in [2.75, 3.05) is 13.2 Å². The van der Waals surface area contributed by atoms with Crippen molar-refractivity contribution in [3.8, 4) is 0 Å². The second-order valence-electron chi connectivity index (χ2n) is 5.70. The van der Waals surface area contributed by atoms with Crippen LogP contribution in [0.5, 0.6) is 0 Å². The van der Waals surface area contributed by atoms with Crippen molar-refractivity contribution in [3.63, 3.8) is 0 Å². The molecule has 0 radical (unpaired) electrons. The zero-order valence-electron chi connectivity index (χ0n) is 11.1. The molecule has 0 aliphatic carbocycles. The summed E-state index contributed by atoms with van der Waals surface area (Å²) in [6.07, 6.45) is 1.43. The third-order valence-corrected chi connectivity index (χ3v) is 3.85. The van der Waals surface area contributed by atoms with Gasteiger partial charge in [-0.3, -0.25) is 0 Å². The fourth-order valence-corrected chi connectivity index (χ4v) is 2.32. The molecule has 8 nitrogen and oxygen atoms in total. The molecule has 0 aromatic rings. The summed E-state index contributed by atoms with van der Waals surface area (Å²) in [5, 5.41) is 57.0. The molecule has 3 atom stereocenters. The lowest BCUT2D eigenvalue weighted by molar-refractivity contribution is -0.482. The second kappa shape index (κ2) is 5.47. The van der Waals surface area contributed by atoms with E-state index in [1.807, 2.05) is 0 Å². The largest absolute Gasteiger partial charge is 0.384 e. The summed E-state index contributed by atoms with van der Waals surface area (Å²) >= 11 is 0. The fourth-order valence-electron chi connectivity index (χ4n) is 2.32. The Morgan fingerprint density at radius 2 is 1.40 bits per heavy atom. The predicted octanol–water partition coefficient (Wildman–Crippen LogP) is -2.22. The van der Waals surface area contributed by atoms with Crippen LogP contribution in [0, 0.1) is 0 Å². The summed E-state index contributed by atoms with van der Waals surface area (Å²) in [5.74, 6) is -7.29. The third-order valence-electron chi connectivity index (χ3n) is 3.85. The highest BCUT2D eigenvalue weighted by molar-refractivity contribution is 4.99. The molecule has 2 aliphatic heterocycles. The van der Waals surface area contributed by atoms with Crippen molar-refractivity contribution in [2.24, 2.45) is 0 Å². The van der Waals surface area contributed by atoms with Gasteiger partial charge in [0, 0.05) is 6.42 Å². The SMILES string of the molecule is OC(O)(O)C(O)(O)C(O)(CCCCC1CO1)CC1CO1. The molecule has 2 fully saturated rings. The van der Waals surface area contributed by atoms with Gasteiger partial charge in [-0.05, 0) is 12.8 Å². The van der Waals surface area contributed by atoms with E-state index in [1.54, 1.807) is 0 Å². The van der Waals surface area contributed by atoms with Gasteiger partial charge in [-0.25, -0.2) is 0 Å². The first-order chi connectivity index (χ1) is 9.16. The highest BCUT2D eigenvalue weighted by Crippen LogP contribution is 2.38. The van der Waals surface area contributed by atoms with Gasteiger partial charge in [0.05, 0.1) is 25.4 Å². The number of epoxide rings is 2. The molecule has 3 unspecified atom stereocenters. The van der Waals surface area contributed by atoms with Gasteiger partial charge in [0.15, 0.2) is 0 Å². The maximum Gasteiger partial charge on any atom is 0.335 e. The van der Waals surface area contributed by atoms with E-state index in [4.69, 9.17) is 24.8 Å². The molecule has 118 valence electrons. The molecule has 0 aromatic heterocycles. The number of ether oxygens (including phenoxy) is 2. The van der Waals surface area contributed by atoms with Crippen LogP contribution < -0.4 is 0 Å². The van der Waals surface area contributed by atoms with Gasteiger partial charge in [-0.2, -0.15) is 0 Å². The van der Waals surface area contributed by atoms with Crippen LogP contribution in [0.15, 0.2) is 0 Å². The Morgan fingerprint density at radius 3 is 1.85 bits per heavy atom. The van der Waals surface area contributed by atoms with Crippen molar-refractivity contribution < 1.29 is 40.1 Å². The zero-order valence-corrected chi connectivity index (χ0v) is 11.1. The fraction of sp³-hybridized carbons (Fsp3) is 1.00. The molecule has 0 saturated carbocycles. The first-order valence-electron chi connectivity index (χ1n) is 6.73. The standard InChI is InChI=1S/C12H22O8/c13-10(5-9-7-20-9,11(14,15)12(16,17)18)4-2-1-3-8-6-19-8/h8-9,13-18H,1-7H2. The van der Waals surface area contributed by atoms with Crippen LogP contribution in [0.1, 0.15) is 32.1 Å². The minimum Gasteiger partial charge on any atom is -0.384 e. The molecule has 0 bridgehead atoms. The Morgan fingerprint density at radius 1 is 0.850 bits per heavy atom. The van der Waals surface area contributed by atoms with Gasteiger partial charge in [0.1, 0.15) is 5.60 Å². The number of hydrogen-bond donors (Lipinski definition) is 6. The van der Waals surface area contributed by atoms with Crippen LogP contribution in [0.2, 0.25) is 0 Å². The molecular weight excluding hydrogens is 272 g/mol. The second-order valence-corrected chi connectivity index (χ2v) is 5.70. The third kappa shape index (κ3) is 3.66. The molecule has 2 rings (SSSR count).